The van der Waals surface area contributed by atoms with E-state index in [1.807, 2.05) is 0 Å². The van der Waals surface area contributed by atoms with Gasteiger partial charge in [0, 0.05) is 32.8 Å². The maximum atomic E-state index is 8.75. The summed E-state index contributed by atoms with van der Waals surface area (Å²) >= 11 is 0. The van der Waals surface area contributed by atoms with Crippen LogP contribution in [-0.2, 0) is 4.74 Å². The highest BCUT2D eigenvalue weighted by Gasteiger charge is 2.21. The number of aliphatic hydroxyl groups is 1. The van der Waals surface area contributed by atoms with Gasteiger partial charge in [0.1, 0.15) is 0 Å². The second-order valence-corrected chi connectivity index (χ2v) is 6.19. The maximum absolute atomic E-state index is 8.75. The van der Waals surface area contributed by atoms with Gasteiger partial charge in [-0.05, 0) is 38.8 Å². The van der Waals surface area contributed by atoms with Crippen molar-refractivity contribution in [1.29, 1.82) is 0 Å². The summed E-state index contributed by atoms with van der Waals surface area (Å²) in [5.74, 6) is 0.731. The van der Waals surface area contributed by atoms with E-state index in [1.54, 1.807) is 0 Å². The fourth-order valence-electron chi connectivity index (χ4n) is 2.68. The van der Waals surface area contributed by atoms with Crippen LogP contribution >= 0.6 is 0 Å². The SMILES string of the molecule is CC(C)CN1CCOC(CN(C)CCCCCO)C1. The lowest BCUT2D eigenvalue weighted by Crippen LogP contribution is -2.48. The molecule has 0 aromatic heterocycles. The third kappa shape index (κ3) is 7.88. The summed E-state index contributed by atoms with van der Waals surface area (Å²) in [6.45, 7) is 11.2. The first-order chi connectivity index (χ1) is 9.11. The van der Waals surface area contributed by atoms with Crippen LogP contribution in [0.15, 0.2) is 0 Å². The van der Waals surface area contributed by atoms with Crippen LogP contribution in [0.2, 0.25) is 0 Å². The first kappa shape index (κ1) is 16.9. The summed E-state index contributed by atoms with van der Waals surface area (Å²) < 4.78 is 5.86. The smallest absolute Gasteiger partial charge is 0.0829 e. The Bertz CT molecular complexity index is 224. The van der Waals surface area contributed by atoms with Gasteiger partial charge >= 0.3 is 0 Å². The molecule has 0 saturated carbocycles. The maximum Gasteiger partial charge on any atom is 0.0829 e. The Labute approximate surface area is 118 Å². The molecule has 1 unspecified atom stereocenters. The zero-order valence-corrected chi connectivity index (χ0v) is 13.0. The first-order valence-electron chi connectivity index (χ1n) is 7.75. The minimum absolute atomic E-state index is 0.319. The molecule has 0 aliphatic carbocycles. The molecule has 0 amide bonds. The number of ether oxygens (including phenoxy) is 1. The number of unbranched alkanes of at least 4 members (excludes halogenated alkanes) is 2. The van der Waals surface area contributed by atoms with Crippen molar-refractivity contribution < 1.29 is 9.84 Å². The molecule has 1 fully saturated rings. The topological polar surface area (TPSA) is 35.9 Å². The van der Waals surface area contributed by atoms with E-state index in [-0.39, 0.29) is 0 Å². The lowest BCUT2D eigenvalue weighted by Gasteiger charge is -2.35. The lowest BCUT2D eigenvalue weighted by atomic mass is 10.1. The van der Waals surface area contributed by atoms with Gasteiger partial charge in [0.05, 0.1) is 12.7 Å². The van der Waals surface area contributed by atoms with E-state index in [1.165, 1.54) is 13.0 Å². The van der Waals surface area contributed by atoms with Crippen molar-refractivity contribution in [3.8, 4) is 0 Å². The quantitative estimate of drug-likeness (QED) is 0.644. The van der Waals surface area contributed by atoms with Crippen LogP contribution in [0.4, 0.5) is 0 Å². The van der Waals surface area contributed by atoms with Crippen molar-refractivity contribution in [2.24, 2.45) is 5.92 Å². The average Bonchev–Trinajstić information content (AvgIpc) is 2.34. The van der Waals surface area contributed by atoms with E-state index in [9.17, 15) is 0 Å². The minimum atomic E-state index is 0.319. The predicted octanol–water partition coefficient (Wildman–Crippen LogP) is 1.44. The number of morpholine rings is 1. The van der Waals surface area contributed by atoms with Gasteiger partial charge in [-0.15, -0.1) is 0 Å². The number of likely N-dealkylation sites (N-methyl/N-ethyl adjacent to an activating group) is 1. The molecular formula is C15H32N2O2. The molecule has 1 aliphatic heterocycles. The molecule has 1 rings (SSSR count). The van der Waals surface area contributed by atoms with E-state index < -0.39 is 0 Å². The number of nitrogens with zero attached hydrogens (tertiary/aromatic N) is 2. The summed E-state index contributed by atoms with van der Waals surface area (Å²) in [7, 11) is 2.17. The van der Waals surface area contributed by atoms with E-state index in [2.05, 4.69) is 30.7 Å². The van der Waals surface area contributed by atoms with Crippen molar-refractivity contribution in [3.63, 3.8) is 0 Å². The van der Waals surface area contributed by atoms with Crippen LogP contribution in [0.5, 0.6) is 0 Å². The van der Waals surface area contributed by atoms with Gasteiger partial charge in [-0.3, -0.25) is 4.90 Å². The highest BCUT2D eigenvalue weighted by molar-refractivity contribution is 4.74. The van der Waals surface area contributed by atoms with E-state index in [4.69, 9.17) is 9.84 Å². The summed E-state index contributed by atoms with van der Waals surface area (Å²) in [6.07, 6.45) is 3.57. The van der Waals surface area contributed by atoms with Crippen LogP contribution in [0, 0.1) is 5.92 Å². The Hall–Kier alpha value is -0.160. The lowest BCUT2D eigenvalue weighted by molar-refractivity contribution is -0.0433. The molecule has 19 heavy (non-hydrogen) atoms. The van der Waals surface area contributed by atoms with Crippen LogP contribution in [0.25, 0.3) is 0 Å². The molecule has 114 valence electrons. The molecule has 1 atom stereocenters. The van der Waals surface area contributed by atoms with Crippen molar-refractivity contribution in [2.45, 2.75) is 39.2 Å². The predicted molar refractivity (Wildman–Crippen MR) is 79.5 cm³/mol. The van der Waals surface area contributed by atoms with Gasteiger partial charge in [-0.1, -0.05) is 13.8 Å². The van der Waals surface area contributed by atoms with Gasteiger partial charge in [-0.25, -0.2) is 0 Å². The van der Waals surface area contributed by atoms with Gasteiger partial charge < -0.3 is 14.7 Å². The molecular weight excluding hydrogens is 240 g/mol. The number of rotatable bonds is 9. The van der Waals surface area contributed by atoms with Gasteiger partial charge in [0.25, 0.3) is 0 Å². The Morgan fingerprint density at radius 2 is 2.11 bits per heavy atom. The van der Waals surface area contributed by atoms with Crippen LogP contribution in [0.1, 0.15) is 33.1 Å². The Balaban J connectivity index is 2.16. The number of hydrogen-bond donors (Lipinski definition) is 1. The van der Waals surface area contributed by atoms with E-state index in [0.29, 0.717) is 12.7 Å². The van der Waals surface area contributed by atoms with Crippen molar-refractivity contribution in [2.75, 3.05) is 53.0 Å². The summed E-state index contributed by atoms with van der Waals surface area (Å²) in [6, 6.07) is 0. The summed E-state index contributed by atoms with van der Waals surface area (Å²) in [5, 5.41) is 8.75. The fraction of sp³-hybridized carbons (Fsp3) is 1.00. The van der Waals surface area contributed by atoms with Crippen LogP contribution in [-0.4, -0.2) is 74.0 Å². The average molecular weight is 272 g/mol. The highest BCUT2D eigenvalue weighted by atomic mass is 16.5. The van der Waals surface area contributed by atoms with E-state index in [0.717, 1.165) is 51.5 Å². The zero-order chi connectivity index (χ0) is 14.1. The van der Waals surface area contributed by atoms with Gasteiger partial charge in [0.15, 0.2) is 0 Å². The van der Waals surface area contributed by atoms with Crippen molar-refractivity contribution in [1.82, 2.24) is 9.80 Å². The zero-order valence-electron chi connectivity index (χ0n) is 13.0. The molecule has 0 bridgehead atoms. The molecule has 1 heterocycles. The summed E-state index contributed by atoms with van der Waals surface area (Å²) in [5.41, 5.74) is 0. The Morgan fingerprint density at radius 3 is 2.79 bits per heavy atom. The van der Waals surface area contributed by atoms with Crippen LogP contribution < -0.4 is 0 Å². The monoisotopic (exact) mass is 272 g/mol. The molecule has 4 nitrogen and oxygen atoms in total. The molecule has 0 spiro atoms. The molecule has 0 aromatic rings. The standard InChI is InChI=1S/C15H32N2O2/c1-14(2)11-17-8-10-19-15(13-17)12-16(3)7-5-4-6-9-18/h14-15,18H,4-13H2,1-3H3. The number of hydrogen-bond acceptors (Lipinski definition) is 4. The molecule has 1 aliphatic rings. The minimum Gasteiger partial charge on any atom is -0.396 e. The third-order valence-corrected chi connectivity index (χ3v) is 3.56. The molecule has 1 saturated heterocycles. The van der Waals surface area contributed by atoms with Crippen molar-refractivity contribution in [3.05, 3.63) is 0 Å². The normalized spacial score (nSPS) is 21.5. The summed E-state index contributed by atoms with van der Waals surface area (Å²) in [4.78, 5) is 4.89. The number of aliphatic hydroxyl groups excluding tert-OH is 1. The second-order valence-electron chi connectivity index (χ2n) is 6.19. The van der Waals surface area contributed by atoms with Gasteiger partial charge in [-0.2, -0.15) is 0 Å². The second kappa shape index (κ2) is 9.70. The van der Waals surface area contributed by atoms with Crippen LogP contribution in [0.3, 0.4) is 0 Å². The highest BCUT2D eigenvalue weighted by Crippen LogP contribution is 2.09. The Kier molecular flexibility index (Phi) is 8.62. The third-order valence-electron chi connectivity index (χ3n) is 3.56. The van der Waals surface area contributed by atoms with Crippen molar-refractivity contribution >= 4 is 0 Å². The molecule has 0 radical (unpaired) electrons. The van der Waals surface area contributed by atoms with E-state index >= 15 is 0 Å². The fourth-order valence-corrected chi connectivity index (χ4v) is 2.68. The molecule has 4 heteroatoms. The Morgan fingerprint density at radius 1 is 1.32 bits per heavy atom. The van der Waals surface area contributed by atoms with Gasteiger partial charge in [0.2, 0.25) is 0 Å². The first-order valence-corrected chi connectivity index (χ1v) is 7.75. The molecule has 1 N–H and O–H groups in total. The largest absolute Gasteiger partial charge is 0.396 e. The molecule has 0 aromatic carbocycles.